The van der Waals surface area contributed by atoms with Gasteiger partial charge in [-0.25, -0.2) is 0 Å². The molecule has 1 aromatic carbocycles. The van der Waals surface area contributed by atoms with Gasteiger partial charge in [0, 0.05) is 45.3 Å². The second kappa shape index (κ2) is 7.55. The number of nitrogens with zero attached hydrogens (tertiary/aromatic N) is 3. The predicted molar refractivity (Wildman–Crippen MR) is 103 cm³/mol. The van der Waals surface area contributed by atoms with Crippen molar-refractivity contribution in [3.05, 3.63) is 35.4 Å². The summed E-state index contributed by atoms with van der Waals surface area (Å²) in [4.78, 5) is 7.85. The largest absolute Gasteiger partial charge is 0.305 e. The molecule has 2 heterocycles. The Balaban J connectivity index is 1.48. The molecule has 0 aliphatic carbocycles. The number of likely N-dealkylation sites (N-methyl/N-ethyl adjacent to an activating group) is 1. The van der Waals surface area contributed by atoms with Crippen LogP contribution in [0.5, 0.6) is 0 Å². The van der Waals surface area contributed by atoms with Crippen LogP contribution in [0, 0.1) is 0 Å². The van der Waals surface area contributed by atoms with Crippen LogP contribution in [0.4, 0.5) is 0 Å². The highest BCUT2D eigenvalue weighted by Gasteiger charge is 2.26. The minimum Gasteiger partial charge on any atom is -0.305 e. The molecule has 1 unspecified atom stereocenters. The van der Waals surface area contributed by atoms with Crippen LogP contribution in [-0.4, -0.2) is 67.1 Å². The fraction of sp³-hybridized carbons (Fsp3) is 0.714. The minimum atomic E-state index is 0.247. The number of hydrogen-bond donors (Lipinski definition) is 0. The zero-order valence-corrected chi connectivity index (χ0v) is 16.1. The molecule has 1 atom stereocenters. The van der Waals surface area contributed by atoms with Crippen LogP contribution in [0.2, 0.25) is 0 Å². The van der Waals surface area contributed by atoms with Crippen molar-refractivity contribution in [2.75, 3.05) is 46.3 Å². The van der Waals surface area contributed by atoms with E-state index in [1.54, 1.807) is 0 Å². The molecule has 3 rings (SSSR count). The van der Waals surface area contributed by atoms with Crippen molar-refractivity contribution in [3.8, 4) is 0 Å². The van der Waals surface area contributed by atoms with Crippen molar-refractivity contribution in [2.24, 2.45) is 0 Å². The van der Waals surface area contributed by atoms with Crippen LogP contribution in [0.25, 0.3) is 0 Å². The molecule has 134 valence electrons. The first kappa shape index (κ1) is 17.9. The van der Waals surface area contributed by atoms with Crippen molar-refractivity contribution < 1.29 is 0 Å². The molecule has 0 saturated carbocycles. The highest BCUT2D eigenvalue weighted by atomic mass is 15.3. The lowest BCUT2D eigenvalue weighted by atomic mass is 9.87. The maximum Gasteiger partial charge on any atom is 0.0234 e. The summed E-state index contributed by atoms with van der Waals surface area (Å²) < 4.78 is 0. The van der Waals surface area contributed by atoms with Gasteiger partial charge < -0.3 is 4.90 Å². The zero-order chi connectivity index (χ0) is 17.2. The smallest absolute Gasteiger partial charge is 0.0234 e. The third kappa shape index (κ3) is 4.59. The summed E-state index contributed by atoms with van der Waals surface area (Å²) in [6, 6.07) is 10.1. The van der Waals surface area contributed by atoms with Crippen LogP contribution in [0.15, 0.2) is 24.3 Å². The van der Waals surface area contributed by atoms with Crippen LogP contribution in [-0.2, 0) is 12.0 Å². The molecule has 0 radical (unpaired) electrons. The fourth-order valence-electron chi connectivity index (χ4n) is 4.09. The van der Waals surface area contributed by atoms with E-state index in [9.17, 15) is 0 Å². The summed E-state index contributed by atoms with van der Waals surface area (Å²) in [6.45, 7) is 15.4. The van der Waals surface area contributed by atoms with Crippen LogP contribution in [0.1, 0.15) is 44.7 Å². The molecule has 0 N–H and O–H groups in total. The van der Waals surface area contributed by atoms with Gasteiger partial charge in [0.2, 0.25) is 0 Å². The Morgan fingerprint density at radius 2 is 1.62 bits per heavy atom. The third-order valence-corrected chi connectivity index (χ3v) is 5.75. The summed E-state index contributed by atoms with van der Waals surface area (Å²) >= 11 is 0. The molecular formula is C21H35N3. The van der Waals surface area contributed by atoms with E-state index >= 15 is 0 Å². The Kier molecular flexibility index (Phi) is 5.63. The lowest BCUT2D eigenvalue weighted by molar-refractivity contribution is 0.0568. The Bertz CT molecular complexity index is 509. The first-order chi connectivity index (χ1) is 11.4. The number of benzene rings is 1. The van der Waals surface area contributed by atoms with E-state index in [0.29, 0.717) is 0 Å². The van der Waals surface area contributed by atoms with Gasteiger partial charge in [-0.05, 0) is 43.0 Å². The molecule has 0 bridgehead atoms. The van der Waals surface area contributed by atoms with Crippen LogP contribution >= 0.6 is 0 Å². The molecule has 0 spiro atoms. The second-order valence-corrected chi connectivity index (χ2v) is 8.82. The molecule has 3 heteroatoms. The molecule has 0 amide bonds. The average Bonchev–Trinajstić information content (AvgIpc) is 2.55. The van der Waals surface area contributed by atoms with Gasteiger partial charge in [-0.2, -0.15) is 0 Å². The minimum absolute atomic E-state index is 0.247. The first-order valence-corrected chi connectivity index (χ1v) is 9.66. The van der Waals surface area contributed by atoms with E-state index in [1.807, 2.05) is 0 Å². The summed E-state index contributed by atoms with van der Waals surface area (Å²) in [6.07, 6.45) is 2.75. The third-order valence-electron chi connectivity index (χ3n) is 5.75. The number of hydrogen-bond acceptors (Lipinski definition) is 3. The SMILES string of the molecule is CN1CCCC(N2CCN(Cc3ccc(C(C)(C)C)cc3)CC2)C1. The van der Waals surface area contributed by atoms with Gasteiger partial charge >= 0.3 is 0 Å². The van der Waals surface area contributed by atoms with Crippen molar-refractivity contribution in [2.45, 2.75) is 51.6 Å². The molecular weight excluding hydrogens is 294 g/mol. The number of rotatable bonds is 3. The van der Waals surface area contributed by atoms with E-state index in [0.717, 1.165) is 12.6 Å². The highest BCUT2D eigenvalue weighted by molar-refractivity contribution is 5.27. The average molecular weight is 330 g/mol. The van der Waals surface area contributed by atoms with Crippen LogP contribution in [0.3, 0.4) is 0 Å². The van der Waals surface area contributed by atoms with Gasteiger partial charge in [0.25, 0.3) is 0 Å². The Morgan fingerprint density at radius 1 is 0.958 bits per heavy atom. The van der Waals surface area contributed by atoms with Gasteiger partial charge in [-0.3, -0.25) is 9.80 Å². The molecule has 1 aromatic rings. The summed E-state index contributed by atoms with van der Waals surface area (Å²) in [5.41, 5.74) is 3.13. The molecule has 3 nitrogen and oxygen atoms in total. The fourth-order valence-corrected chi connectivity index (χ4v) is 4.09. The van der Waals surface area contributed by atoms with Gasteiger partial charge in [-0.15, -0.1) is 0 Å². The number of piperazine rings is 1. The predicted octanol–water partition coefficient (Wildman–Crippen LogP) is 3.20. The van der Waals surface area contributed by atoms with E-state index in [4.69, 9.17) is 0 Å². The van der Waals surface area contributed by atoms with E-state index < -0.39 is 0 Å². The second-order valence-electron chi connectivity index (χ2n) is 8.82. The number of piperidine rings is 1. The maximum atomic E-state index is 2.73. The lowest BCUT2D eigenvalue weighted by Gasteiger charge is -2.42. The zero-order valence-electron chi connectivity index (χ0n) is 16.1. The molecule has 24 heavy (non-hydrogen) atoms. The molecule has 0 aromatic heterocycles. The van der Waals surface area contributed by atoms with Gasteiger partial charge in [0.15, 0.2) is 0 Å². The molecule has 2 aliphatic rings. The standard InChI is InChI=1S/C21H35N3/c1-21(2,3)19-9-7-18(8-10-19)16-23-12-14-24(15-13-23)20-6-5-11-22(4)17-20/h7-10,20H,5-6,11-17H2,1-4H3. The molecule has 2 aliphatic heterocycles. The van der Waals surface area contributed by atoms with Crippen molar-refractivity contribution >= 4 is 0 Å². The van der Waals surface area contributed by atoms with Gasteiger partial charge in [0.05, 0.1) is 0 Å². The van der Waals surface area contributed by atoms with Gasteiger partial charge in [-0.1, -0.05) is 45.0 Å². The van der Waals surface area contributed by atoms with E-state index in [2.05, 4.69) is 66.8 Å². The monoisotopic (exact) mass is 329 g/mol. The quantitative estimate of drug-likeness (QED) is 0.843. The van der Waals surface area contributed by atoms with Crippen LogP contribution < -0.4 is 0 Å². The first-order valence-electron chi connectivity index (χ1n) is 9.66. The van der Waals surface area contributed by atoms with E-state index in [1.165, 1.54) is 63.2 Å². The lowest BCUT2D eigenvalue weighted by Crippen LogP contribution is -2.54. The number of likely N-dealkylation sites (tertiary alicyclic amines) is 1. The van der Waals surface area contributed by atoms with Crippen molar-refractivity contribution in [3.63, 3.8) is 0 Å². The van der Waals surface area contributed by atoms with Crippen molar-refractivity contribution in [1.82, 2.24) is 14.7 Å². The van der Waals surface area contributed by atoms with Crippen molar-refractivity contribution in [1.29, 1.82) is 0 Å². The summed E-state index contributed by atoms with van der Waals surface area (Å²) in [5.74, 6) is 0. The molecule has 2 fully saturated rings. The topological polar surface area (TPSA) is 9.72 Å². The highest BCUT2D eigenvalue weighted by Crippen LogP contribution is 2.23. The Hall–Kier alpha value is -0.900. The van der Waals surface area contributed by atoms with E-state index in [-0.39, 0.29) is 5.41 Å². The van der Waals surface area contributed by atoms with Gasteiger partial charge in [0.1, 0.15) is 0 Å². The maximum absolute atomic E-state index is 2.73. The molecule has 2 saturated heterocycles. The Labute approximate surface area is 148 Å². The summed E-state index contributed by atoms with van der Waals surface area (Å²) in [5, 5.41) is 0. The summed E-state index contributed by atoms with van der Waals surface area (Å²) in [7, 11) is 2.27. The normalized spacial score (nSPS) is 25.1. The Morgan fingerprint density at radius 3 is 2.21 bits per heavy atom.